The van der Waals surface area contributed by atoms with Crippen LogP contribution in [0.25, 0.3) is 0 Å². The maximum atomic E-state index is 12.3. The maximum Gasteiger partial charge on any atom is 0.308 e. The molecule has 3 aromatic rings. The first-order valence-corrected chi connectivity index (χ1v) is 13.3. The number of piperidine rings is 3. The van der Waals surface area contributed by atoms with E-state index in [2.05, 4.69) is 79.4 Å². The molecule has 3 aliphatic heterocycles. The van der Waals surface area contributed by atoms with Crippen molar-refractivity contribution in [1.29, 1.82) is 0 Å². The van der Waals surface area contributed by atoms with Crippen molar-refractivity contribution in [3.63, 3.8) is 0 Å². The first-order valence-electron chi connectivity index (χ1n) is 13.3. The number of carboxylic acid groups (broad SMARTS) is 1. The normalized spacial score (nSPS) is 24.3. The van der Waals surface area contributed by atoms with Crippen LogP contribution in [0.15, 0.2) is 78.9 Å². The van der Waals surface area contributed by atoms with Gasteiger partial charge in [-0.2, -0.15) is 0 Å². The predicted molar refractivity (Wildman–Crippen MR) is 152 cm³/mol. The number of benzene rings is 3. The third kappa shape index (κ3) is 5.61. The van der Waals surface area contributed by atoms with Gasteiger partial charge in [0.25, 0.3) is 0 Å². The maximum absolute atomic E-state index is 12.3. The molecule has 0 spiro atoms. The summed E-state index contributed by atoms with van der Waals surface area (Å²) >= 11 is 0. The van der Waals surface area contributed by atoms with Crippen molar-refractivity contribution >= 4 is 18.4 Å². The van der Waals surface area contributed by atoms with Crippen molar-refractivity contribution in [3.05, 3.63) is 101 Å². The molecule has 38 heavy (non-hydrogen) atoms. The highest BCUT2D eigenvalue weighted by molar-refractivity contribution is 5.85. The molecule has 3 heterocycles. The van der Waals surface area contributed by atoms with Crippen LogP contribution in [0.2, 0.25) is 0 Å². The number of nitrogens with zero attached hydrogens (tertiary/aromatic N) is 1. The number of aliphatic carboxylic acids is 1. The number of halogens is 1. The molecule has 1 unspecified atom stereocenters. The van der Waals surface area contributed by atoms with Gasteiger partial charge in [0.1, 0.15) is 5.75 Å². The molecule has 0 radical (unpaired) electrons. The Hall–Kier alpha value is -2.86. The lowest BCUT2D eigenvalue weighted by Crippen LogP contribution is -2.65. The molecule has 6 rings (SSSR count). The number of fused-ring (bicyclic) bond motifs is 3. The third-order valence-corrected chi connectivity index (χ3v) is 8.26. The smallest absolute Gasteiger partial charge is 0.308 e. The minimum atomic E-state index is -0.725. The summed E-state index contributed by atoms with van der Waals surface area (Å²) in [4.78, 5) is 14.7. The lowest BCUT2D eigenvalue weighted by atomic mass is 9.68. The standard InChI is InChI=1S/C32H37NO4.ClH/c1-21(2)24-14-15-28(36-3)25(18-24)20-37-31-26-16-17-33(19-27(26)32(34)35)30(31)29(22-10-6-4-7-11-22)23-12-8-5-9-13-23;/h4-15,18,21,26-27,29-31H,16-17,19-20H2,1-3H3,(H,34,35);1H/t26-,27-,30-,31+;/m1./s1. The Labute approximate surface area is 232 Å². The number of methoxy groups -OCH3 is 1. The van der Waals surface area contributed by atoms with E-state index in [1.54, 1.807) is 7.11 Å². The zero-order valence-corrected chi connectivity index (χ0v) is 23.1. The summed E-state index contributed by atoms with van der Waals surface area (Å²) in [5.74, 6) is 0.0876. The minimum absolute atomic E-state index is 0. The molecular weight excluding hydrogens is 498 g/mol. The number of ether oxygens (including phenoxy) is 2. The topological polar surface area (TPSA) is 59.0 Å². The van der Waals surface area contributed by atoms with Crippen molar-refractivity contribution in [2.75, 3.05) is 20.2 Å². The van der Waals surface area contributed by atoms with Crippen LogP contribution in [0.3, 0.4) is 0 Å². The van der Waals surface area contributed by atoms with Crippen molar-refractivity contribution < 1.29 is 19.4 Å². The third-order valence-electron chi connectivity index (χ3n) is 8.26. The Morgan fingerprint density at radius 1 is 0.974 bits per heavy atom. The van der Waals surface area contributed by atoms with Gasteiger partial charge in [0.15, 0.2) is 0 Å². The molecule has 0 aliphatic carbocycles. The van der Waals surface area contributed by atoms with Gasteiger partial charge in [0.05, 0.1) is 25.7 Å². The fourth-order valence-corrected chi connectivity index (χ4v) is 6.37. The molecule has 3 aliphatic rings. The molecule has 5 nitrogen and oxygen atoms in total. The summed E-state index contributed by atoms with van der Waals surface area (Å²) in [6.45, 7) is 6.20. The first kappa shape index (κ1) is 28.2. The minimum Gasteiger partial charge on any atom is -0.496 e. The van der Waals surface area contributed by atoms with E-state index < -0.39 is 11.9 Å². The molecule has 5 atom stereocenters. The summed E-state index contributed by atoms with van der Waals surface area (Å²) in [6, 6.07) is 27.5. The Morgan fingerprint density at radius 2 is 1.61 bits per heavy atom. The first-order chi connectivity index (χ1) is 18.0. The van der Waals surface area contributed by atoms with Gasteiger partial charge in [-0.3, -0.25) is 9.69 Å². The highest BCUT2D eigenvalue weighted by Crippen LogP contribution is 2.46. The van der Waals surface area contributed by atoms with Crippen molar-refractivity contribution in [2.24, 2.45) is 11.8 Å². The van der Waals surface area contributed by atoms with Crippen LogP contribution in [0.5, 0.6) is 5.75 Å². The Kier molecular flexibility index (Phi) is 9.14. The van der Waals surface area contributed by atoms with Crippen LogP contribution in [0.4, 0.5) is 0 Å². The SMILES string of the molecule is COc1ccc(C(C)C)cc1CO[C@H]1[C@@H]2CCN(C[C@H]2C(=O)O)[C@@H]1C(c1ccccc1)c1ccccc1.Cl. The second kappa shape index (κ2) is 12.3. The molecular formula is C32H38ClNO4. The average Bonchev–Trinajstić information content (AvgIpc) is 2.93. The number of carboxylic acids is 1. The largest absolute Gasteiger partial charge is 0.496 e. The van der Waals surface area contributed by atoms with Gasteiger partial charge in [0.2, 0.25) is 0 Å². The summed E-state index contributed by atoms with van der Waals surface area (Å²) < 4.78 is 12.5. The molecule has 0 amide bonds. The lowest BCUT2D eigenvalue weighted by Gasteiger charge is -2.55. The Morgan fingerprint density at radius 3 is 2.16 bits per heavy atom. The Balaban J connectivity index is 0.00000336. The summed E-state index contributed by atoms with van der Waals surface area (Å²) in [7, 11) is 1.69. The zero-order chi connectivity index (χ0) is 25.9. The molecule has 0 saturated carbocycles. The van der Waals surface area contributed by atoms with Gasteiger partial charge in [-0.05, 0) is 47.7 Å². The van der Waals surface area contributed by atoms with Crippen LogP contribution in [-0.2, 0) is 16.1 Å². The van der Waals surface area contributed by atoms with Crippen molar-refractivity contribution in [3.8, 4) is 5.75 Å². The van der Waals surface area contributed by atoms with Gasteiger partial charge < -0.3 is 14.6 Å². The van der Waals surface area contributed by atoms with Gasteiger partial charge >= 0.3 is 5.97 Å². The number of hydrogen-bond acceptors (Lipinski definition) is 4. The second-order valence-electron chi connectivity index (χ2n) is 10.7. The lowest BCUT2D eigenvalue weighted by molar-refractivity contribution is -0.172. The molecule has 3 aromatic carbocycles. The number of carbonyl (C=O) groups is 1. The molecule has 2 bridgehead atoms. The highest BCUT2D eigenvalue weighted by atomic mass is 35.5. The second-order valence-corrected chi connectivity index (χ2v) is 10.7. The van der Waals surface area contributed by atoms with Crippen LogP contribution in [0, 0.1) is 11.8 Å². The van der Waals surface area contributed by atoms with Crippen LogP contribution >= 0.6 is 12.4 Å². The van der Waals surface area contributed by atoms with Crippen LogP contribution < -0.4 is 4.74 Å². The van der Waals surface area contributed by atoms with Crippen molar-refractivity contribution in [2.45, 2.75) is 50.9 Å². The van der Waals surface area contributed by atoms with E-state index in [1.165, 1.54) is 16.7 Å². The number of rotatable bonds is 9. The van der Waals surface area contributed by atoms with E-state index >= 15 is 0 Å². The predicted octanol–water partition coefficient (Wildman–Crippen LogP) is 6.36. The van der Waals surface area contributed by atoms with Gasteiger partial charge in [0, 0.05) is 30.0 Å². The zero-order valence-electron chi connectivity index (χ0n) is 22.3. The molecule has 3 saturated heterocycles. The van der Waals surface area contributed by atoms with E-state index in [0.29, 0.717) is 19.1 Å². The summed E-state index contributed by atoms with van der Waals surface area (Å²) in [6.07, 6.45) is 0.610. The van der Waals surface area contributed by atoms with Gasteiger partial charge in [-0.25, -0.2) is 0 Å². The van der Waals surface area contributed by atoms with E-state index in [0.717, 1.165) is 24.3 Å². The molecule has 6 heteroatoms. The molecule has 3 fully saturated rings. The average molecular weight is 536 g/mol. The van der Waals surface area contributed by atoms with Gasteiger partial charge in [-0.1, -0.05) is 80.6 Å². The fourth-order valence-electron chi connectivity index (χ4n) is 6.37. The van der Waals surface area contributed by atoms with Crippen LogP contribution in [0.1, 0.15) is 54.4 Å². The molecule has 202 valence electrons. The number of hydrogen-bond donors (Lipinski definition) is 1. The van der Waals surface area contributed by atoms with E-state index in [1.807, 2.05) is 18.2 Å². The van der Waals surface area contributed by atoms with Gasteiger partial charge in [-0.15, -0.1) is 12.4 Å². The quantitative estimate of drug-likeness (QED) is 0.345. The summed E-state index contributed by atoms with van der Waals surface area (Å²) in [5.41, 5.74) is 4.70. The summed E-state index contributed by atoms with van der Waals surface area (Å²) in [5, 5.41) is 10.1. The van der Waals surface area contributed by atoms with E-state index in [9.17, 15) is 9.90 Å². The Bertz CT molecular complexity index is 1160. The van der Waals surface area contributed by atoms with Crippen molar-refractivity contribution in [1.82, 2.24) is 4.90 Å². The fraction of sp³-hybridized carbons (Fsp3) is 0.406. The molecule has 0 aromatic heterocycles. The van der Waals surface area contributed by atoms with E-state index in [4.69, 9.17) is 9.47 Å². The van der Waals surface area contributed by atoms with Crippen LogP contribution in [-0.4, -0.2) is 48.3 Å². The highest BCUT2D eigenvalue weighted by Gasteiger charge is 2.53. The van der Waals surface area contributed by atoms with E-state index in [-0.39, 0.29) is 36.4 Å². The monoisotopic (exact) mass is 535 g/mol. The molecule has 1 N–H and O–H groups in total.